The van der Waals surface area contributed by atoms with E-state index >= 15 is 0 Å². The maximum atomic E-state index is 12.1. The average molecular weight is 245 g/mol. The molecule has 0 aliphatic heterocycles. The molecule has 17 heavy (non-hydrogen) atoms. The van der Waals surface area contributed by atoms with Crippen molar-refractivity contribution in [3.05, 3.63) is 60.2 Å². The lowest BCUT2D eigenvalue weighted by Crippen LogP contribution is -1.96. The summed E-state index contributed by atoms with van der Waals surface area (Å²) >= 11 is 0. The summed E-state index contributed by atoms with van der Waals surface area (Å²) in [6.45, 7) is 0. The molecule has 2 aromatic rings. The van der Waals surface area contributed by atoms with Crippen molar-refractivity contribution in [2.45, 2.75) is 6.16 Å². The van der Waals surface area contributed by atoms with Gasteiger partial charge in [0.2, 0.25) is 0 Å². The van der Waals surface area contributed by atoms with Crippen LogP contribution in [0.4, 0.5) is 0 Å². The molecule has 2 rings (SSSR count). The van der Waals surface area contributed by atoms with Gasteiger partial charge < -0.3 is 4.74 Å². The average Bonchev–Trinajstić information content (AvgIpc) is 2.40. The fourth-order valence-corrected chi connectivity index (χ4v) is 2.81. The second-order valence-electron chi connectivity index (χ2n) is 3.72. The van der Waals surface area contributed by atoms with Crippen LogP contribution in [-0.2, 0) is 10.7 Å². The van der Waals surface area contributed by atoms with Gasteiger partial charge in [-0.3, -0.25) is 0 Å². The Morgan fingerprint density at radius 1 is 1.00 bits per heavy atom. The first-order chi connectivity index (χ1) is 8.29. The van der Waals surface area contributed by atoms with Gasteiger partial charge in [0.25, 0.3) is 0 Å². The third-order valence-electron chi connectivity index (χ3n) is 2.53. The number of methoxy groups -OCH3 is 1. The summed E-state index contributed by atoms with van der Waals surface area (Å²) in [6, 6.07) is 17.3. The molecule has 0 fully saturated rings. The molecule has 0 bridgehead atoms. The van der Waals surface area contributed by atoms with Gasteiger partial charge in [-0.05, 0) is 24.3 Å². The summed E-state index contributed by atoms with van der Waals surface area (Å²) in [5.41, 5.74) is 1.07. The van der Waals surface area contributed by atoms with Crippen LogP contribution in [0, 0.1) is 0 Å². The Bertz CT molecular complexity index is 491. The summed E-state index contributed by atoms with van der Waals surface area (Å²) < 4.78 is 17.2. The molecule has 0 aliphatic carbocycles. The predicted octanol–water partition coefficient (Wildman–Crippen LogP) is 3.35. The molecule has 0 aliphatic rings. The van der Waals surface area contributed by atoms with Crippen LogP contribution in [0.3, 0.4) is 0 Å². The highest BCUT2D eigenvalue weighted by Crippen LogP contribution is 2.26. The van der Waals surface area contributed by atoms with E-state index in [0.717, 1.165) is 16.6 Å². The summed E-state index contributed by atoms with van der Waals surface area (Å²) in [4.78, 5) is 0. The molecule has 0 saturated heterocycles. The zero-order valence-electron chi connectivity index (χ0n) is 9.67. The highest BCUT2D eigenvalue weighted by atomic mass is 31.1. The topological polar surface area (TPSA) is 26.3 Å². The molecule has 0 radical (unpaired) electrons. The molecule has 86 valence electrons. The van der Waals surface area contributed by atoms with E-state index in [0.29, 0.717) is 6.16 Å². The first-order valence-electron chi connectivity index (χ1n) is 5.42. The van der Waals surface area contributed by atoms with Gasteiger partial charge in [-0.2, -0.15) is 0 Å². The number of rotatable bonds is 4. The standard InChI is InChI=1S/C14H14O2P/c1-16-13-9-7-12(8-10-13)11-17(15)14-5-3-2-4-6-14/h2-10H,11H2,1H3/q+1. The zero-order valence-corrected chi connectivity index (χ0v) is 10.6. The van der Waals surface area contributed by atoms with Crippen LogP contribution in [0.2, 0.25) is 0 Å². The van der Waals surface area contributed by atoms with Gasteiger partial charge in [-0.15, -0.1) is 0 Å². The van der Waals surface area contributed by atoms with E-state index in [9.17, 15) is 4.57 Å². The van der Waals surface area contributed by atoms with Crippen molar-refractivity contribution >= 4 is 13.1 Å². The van der Waals surface area contributed by atoms with Crippen molar-refractivity contribution in [1.29, 1.82) is 0 Å². The Labute approximate surface area is 102 Å². The molecule has 0 heterocycles. The summed E-state index contributed by atoms with van der Waals surface area (Å²) in [7, 11) is 0.282. The van der Waals surface area contributed by atoms with Crippen molar-refractivity contribution in [1.82, 2.24) is 0 Å². The van der Waals surface area contributed by atoms with Gasteiger partial charge in [-0.1, -0.05) is 34.9 Å². The van der Waals surface area contributed by atoms with E-state index < -0.39 is 7.80 Å². The van der Waals surface area contributed by atoms with E-state index in [-0.39, 0.29) is 0 Å². The molecular formula is C14H14O2P+. The second kappa shape index (κ2) is 5.60. The van der Waals surface area contributed by atoms with E-state index in [1.165, 1.54) is 0 Å². The largest absolute Gasteiger partial charge is 0.497 e. The Hall–Kier alpha value is -1.66. The zero-order chi connectivity index (χ0) is 12.1. The maximum Gasteiger partial charge on any atom is 0.381 e. The Balaban J connectivity index is 2.08. The highest BCUT2D eigenvalue weighted by Gasteiger charge is 2.19. The first kappa shape index (κ1) is 11.8. The smallest absolute Gasteiger partial charge is 0.381 e. The van der Waals surface area contributed by atoms with Crippen molar-refractivity contribution in [3.8, 4) is 5.75 Å². The van der Waals surface area contributed by atoms with Gasteiger partial charge in [0, 0.05) is 5.56 Å². The summed E-state index contributed by atoms with van der Waals surface area (Å²) in [5.74, 6) is 0.823. The lowest BCUT2D eigenvalue weighted by Gasteiger charge is -1.98. The SMILES string of the molecule is COc1ccc(C[P+](=O)c2ccccc2)cc1. The third-order valence-corrected chi connectivity index (χ3v) is 4.06. The minimum absolute atomic E-state index is 0.573. The van der Waals surface area contributed by atoms with Crippen molar-refractivity contribution in [3.63, 3.8) is 0 Å². The normalized spacial score (nSPS) is 11.0. The number of hydrogen-bond donors (Lipinski definition) is 0. The molecule has 0 aromatic heterocycles. The van der Waals surface area contributed by atoms with Crippen molar-refractivity contribution in [2.75, 3.05) is 7.11 Å². The Kier molecular flexibility index (Phi) is 3.89. The highest BCUT2D eigenvalue weighted by molar-refractivity contribution is 7.52. The maximum absolute atomic E-state index is 12.1. The van der Waals surface area contributed by atoms with Crippen LogP contribution in [0.15, 0.2) is 54.6 Å². The van der Waals surface area contributed by atoms with Crippen LogP contribution in [0.25, 0.3) is 0 Å². The molecule has 1 unspecified atom stereocenters. The van der Waals surface area contributed by atoms with E-state index in [1.807, 2.05) is 54.6 Å². The van der Waals surface area contributed by atoms with Gasteiger partial charge in [0.1, 0.15) is 5.75 Å². The van der Waals surface area contributed by atoms with Crippen LogP contribution >= 0.6 is 7.80 Å². The molecule has 2 aromatic carbocycles. The van der Waals surface area contributed by atoms with Gasteiger partial charge in [-0.25, -0.2) is 0 Å². The van der Waals surface area contributed by atoms with Crippen LogP contribution in [0.5, 0.6) is 5.75 Å². The lowest BCUT2D eigenvalue weighted by atomic mass is 10.2. The molecule has 0 spiro atoms. The fraction of sp³-hybridized carbons (Fsp3) is 0.143. The lowest BCUT2D eigenvalue weighted by molar-refractivity contribution is 0.414. The van der Waals surface area contributed by atoms with Gasteiger partial charge >= 0.3 is 7.80 Å². The Morgan fingerprint density at radius 3 is 2.24 bits per heavy atom. The van der Waals surface area contributed by atoms with E-state index in [2.05, 4.69) is 0 Å². The minimum Gasteiger partial charge on any atom is -0.497 e. The molecule has 3 heteroatoms. The van der Waals surface area contributed by atoms with Crippen molar-refractivity contribution < 1.29 is 9.30 Å². The number of ether oxygens (including phenoxy) is 1. The monoisotopic (exact) mass is 245 g/mol. The molecule has 0 amide bonds. The van der Waals surface area contributed by atoms with Crippen molar-refractivity contribution in [2.24, 2.45) is 0 Å². The molecule has 0 N–H and O–H groups in total. The van der Waals surface area contributed by atoms with E-state index in [4.69, 9.17) is 4.74 Å². The predicted molar refractivity (Wildman–Crippen MR) is 70.4 cm³/mol. The quantitative estimate of drug-likeness (QED) is 0.772. The summed E-state index contributed by atoms with van der Waals surface area (Å²) in [5, 5.41) is 0.901. The Morgan fingerprint density at radius 2 is 1.65 bits per heavy atom. The second-order valence-corrected chi connectivity index (χ2v) is 5.31. The minimum atomic E-state index is -1.36. The first-order valence-corrected chi connectivity index (χ1v) is 6.87. The fourth-order valence-electron chi connectivity index (χ4n) is 1.58. The van der Waals surface area contributed by atoms with Gasteiger partial charge in [0.05, 0.1) is 7.11 Å². The van der Waals surface area contributed by atoms with Crippen LogP contribution in [-0.4, -0.2) is 7.11 Å². The van der Waals surface area contributed by atoms with Crippen LogP contribution in [0.1, 0.15) is 5.56 Å². The van der Waals surface area contributed by atoms with E-state index in [1.54, 1.807) is 7.11 Å². The number of hydrogen-bond acceptors (Lipinski definition) is 2. The third kappa shape index (κ3) is 3.15. The molecular weight excluding hydrogens is 231 g/mol. The molecule has 0 saturated carbocycles. The van der Waals surface area contributed by atoms with Gasteiger partial charge in [0.15, 0.2) is 11.5 Å². The molecule has 1 atom stereocenters. The molecule has 2 nitrogen and oxygen atoms in total. The number of benzene rings is 2. The summed E-state index contributed by atoms with van der Waals surface area (Å²) in [6.07, 6.45) is 0.573. The van der Waals surface area contributed by atoms with Crippen LogP contribution < -0.4 is 10.0 Å².